The second-order valence-electron chi connectivity index (χ2n) is 7.58. The Morgan fingerprint density at radius 2 is 2.10 bits per heavy atom. The van der Waals surface area contributed by atoms with Crippen LogP contribution in [0.2, 0.25) is 10.0 Å². The van der Waals surface area contributed by atoms with E-state index in [2.05, 4.69) is 0 Å². The molecule has 2 N–H and O–H groups in total. The molecule has 1 saturated heterocycles. The van der Waals surface area contributed by atoms with Crippen molar-refractivity contribution in [1.29, 1.82) is 0 Å². The highest BCUT2D eigenvalue weighted by Crippen LogP contribution is 2.44. The molecule has 0 spiro atoms. The fourth-order valence-corrected chi connectivity index (χ4v) is 4.68. The van der Waals surface area contributed by atoms with Crippen molar-refractivity contribution in [1.82, 2.24) is 4.57 Å². The van der Waals surface area contributed by atoms with Crippen molar-refractivity contribution in [2.45, 2.75) is 38.3 Å². The number of esters is 1. The molecule has 0 unspecified atom stereocenters. The molecule has 1 aromatic heterocycles. The quantitative estimate of drug-likeness (QED) is 0.695. The molecule has 0 aliphatic carbocycles. The van der Waals surface area contributed by atoms with Crippen LogP contribution in [0.3, 0.4) is 0 Å². The summed E-state index contributed by atoms with van der Waals surface area (Å²) in [6.07, 6.45) is 1.80. The van der Waals surface area contributed by atoms with Crippen LogP contribution in [-0.4, -0.2) is 30.4 Å². The third-order valence-corrected chi connectivity index (χ3v) is 6.22. The Kier molecular flexibility index (Phi) is 6.01. The van der Waals surface area contributed by atoms with Gasteiger partial charge in [-0.15, -0.1) is 0 Å². The Hall–Kier alpha value is -2.48. The average molecular weight is 465 g/mol. The summed E-state index contributed by atoms with van der Waals surface area (Å²) in [5.41, 5.74) is 7.30. The number of hydrogen-bond donors (Lipinski definition) is 1. The maximum atomic E-state index is 13.7. The van der Waals surface area contributed by atoms with Crippen LogP contribution in [0, 0.1) is 6.92 Å². The van der Waals surface area contributed by atoms with E-state index >= 15 is 0 Å². The summed E-state index contributed by atoms with van der Waals surface area (Å²) in [5.74, 6) is -1.42. The summed E-state index contributed by atoms with van der Waals surface area (Å²) in [7, 11) is 1.24. The van der Waals surface area contributed by atoms with Gasteiger partial charge < -0.3 is 24.5 Å². The van der Waals surface area contributed by atoms with Crippen LogP contribution in [0.15, 0.2) is 40.5 Å². The lowest BCUT2D eigenvalue weighted by Crippen LogP contribution is -2.36. The van der Waals surface area contributed by atoms with Gasteiger partial charge in [-0.25, -0.2) is 4.79 Å². The number of benzene rings is 1. The molecular weight excluding hydrogens is 443 g/mol. The molecule has 0 radical (unpaired) electrons. The molecule has 2 aliphatic rings. The van der Waals surface area contributed by atoms with Gasteiger partial charge in [0.05, 0.1) is 31.2 Å². The highest BCUT2D eigenvalue weighted by Gasteiger charge is 2.39. The van der Waals surface area contributed by atoms with Crippen molar-refractivity contribution >= 4 is 29.2 Å². The summed E-state index contributed by atoms with van der Waals surface area (Å²) in [6.45, 7) is 2.91. The lowest BCUT2D eigenvalue weighted by atomic mass is 9.83. The predicted molar refractivity (Wildman–Crippen MR) is 117 cm³/mol. The van der Waals surface area contributed by atoms with E-state index in [9.17, 15) is 9.59 Å². The SMILES string of the molecule is COC(=O)C1=C(N)Oc2cc(C)n(C[C@H]3CCCO3)c(=O)c2[C@@H]1c1ccc(Cl)cc1Cl. The first kappa shape index (κ1) is 21.7. The number of rotatable bonds is 4. The van der Waals surface area contributed by atoms with Gasteiger partial charge in [-0.1, -0.05) is 29.3 Å². The summed E-state index contributed by atoms with van der Waals surface area (Å²) in [6, 6.07) is 6.60. The third kappa shape index (κ3) is 3.93. The molecule has 0 amide bonds. The van der Waals surface area contributed by atoms with E-state index in [-0.39, 0.29) is 34.4 Å². The lowest BCUT2D eigenvalue weighted by Gasteiger charge is -2.29. The molecular formula is C22H22Cl2N2O5. The number of nitrogens with zero attached hydrogens (tertiary/aromatic N) is 1. The number of ether oxygens (including phenoxy) is 3. The van der Waals surface area contributed by atoms with Gasteiger partial charge in [0.1, 0.15) is 11.3 Å². The zero-order valence-corrected chi connectivity index (χ0v) is 18.6. The second kappa shape index (κ2) is 8.57. The van der Waals surface area contributed by atoms with Crippen LogP contribution >= 0.6 is 23.2 Å². The van der Waals surface area contributed by atoms with Crippen molar-refractivity contribution in [3.8, 4) is 5.75 Å². The Morgan fingerprint density at radius 1 is 1.32 bits per heavy atom. The molecule has 31 heavy (non-hydrogen) atoms. The smallest absolute Gasteiger partial charge is 0.340 e. The Morgan fingerprint density at radius 3 is 2.74 bits per heavy atom. The zero-order valence-electron chi connectivity index (χ0n) is 17.1. The number of carbonyl (C=O) groups excluding carboxylic acids is 1. The van der Waals surface area contributed by atoms with Crippen LogP contribution in [0.4, 0.5) is 0 Å². The van der Waals surface area contributed by atoms with Crippen molar-refractivity contribution < 1.29 is 19.0 Å². The molecule has 0 saturated carbocycles. The van der Waals surface area contributed by atoms with E-state index in [0.29, 0.717) is 34.5 Å². The van der Waals surface area contributed by atoms with Gasteiger partial charge in [0.25, 0.3) is 5.56 Å². The standard InChI is InChI=1S/C22H22Cl2N2O5/c1-11-8-16-18(21(27)26(11)10-13-4-3-7-30-13)17(14-6-5-12(23)9-15(14)24)19(20(25)31-16)22(28)29-2/h5-6,8-9,13,17H,3-4,7,10,25H2,1-2H3/t13-,17+/m1/s1. The topological polar surface area (TPSA) is 92.8 Å². The van der Waals surface area contributed by atoms with Crippen molar-refractivity contribution in [2.24, 2.45) is 5.73 Å². The van der Waals surface area contributed by atoms with Crippen LogP contribution in [0.5, 0.6) is 5.75 Å². The number of carbonyl (C=O) groups is 1. The fraction of sp³-hybridized carbons (Fsp3) is 0.364. The summed E-state index contributed by atoms with van der Waals surface area (Å²) >= 11 is 12.5. The minimum atomic E-state index is -0.871. The third-order valence-electron chi connectivity index (χ3n) is 5.66. The molecule has 3 heterocycles. The van der Waals surface area contributed by atoms with Gasteiger partial charge in [0.2, 0.25) is 5.88 Å². The maximum Gasteiger partial charge on any atom is 0.340 e. The first-order chi connectivity index (χ1) is 14.8. The number of nitrogens with two attached hydrogens (primary N) is 1. The minimum absolute atomic E-state index is 0.0174. The summed E-state index contributed by atoms with van der Waals surface area (Å²) in [4.78, 5) is 26.3. The molecule has 164 valence electrons. The Labute approximate surface area is 189 Å². The van der Waals surface area contributed by atoms with Gasteiger partial charge in [-0.3, -0.25) is 4.79 Å². The van der Waals surface area contributed by atoms with Crippen molar-refractivity contribution in [3.63, 3.8) is 0 Å². The monoisotopic (exact) mass is 464 g/mol. The molecule has 9 heteroatoms. The van der Waals surface area contributed by atoms with E-state index in [1.54, 1.807) is 28.8 Å². The van der Waals surface area contributed by atoms with E-state index < -0.39 is 11.9 Å². The van der Waals surface area contributed by atoms with E-state index in [1.807, 2.05) is 6.92 Å². The predicted octanol–water partition coefficient (Wildman–Crippen LogP) is 3.51. The van der Waals surface area contributed by atoms with E-state index in [1.165, 1.54) is 7.11 Å². The Balaban J connectivity index is 1.94. The average Bonchev–Trinajstić information content (AvgIpc) is 3.23. The number of fused-ring (bicyclic) bond motifs is 1. The van der Waals surface area contributed by atoms with Crippen LogP contribution in [-0.2, 0) is 20.8 Å². The molecule has 4 rings (SSSR count). The van der Waals surface area contributed by atoms with Gasteiger partial charge in [-0.05, 0) is 37.5 Å². The first-order valence-corrected chi connectivity index (χ1v) is 10.6. The number of methoxy groups -OCH3 is 1. The van der Waals surface area contributed by atoms with Gasteiger partial charge in [-0.2, -0.15) is 0 Å². The van der Waals surface area contributed by atoms with Crippen molar-refractivity contribution in [3.05, 3.63) is 72.9 Å². The van der Waals surface area contributed by atoms with Crippen LogP contribution in [0.1, 0.15) is 35.6 Å². The number of pyridine rings is 1. The van der Waals surface area contributed by atoms with E-state index in [0.717, 1.165) is 12.8 Å². The number of hydrogen-bond acceptors (Lipinski definition) is 6. The highest BCUT2D eigenvalue weighted by molar-refractivity contribution is 6.35. The normalized spacial score (nSPS) is 20.4. The molecule has 2 atom stereocenters. The number of aromatic nitrogens is 1. The molecule has 1 fully saturated rings. The highest BCUT2D eigenvalue weighted by atomic mass is 35.5. The molecule has 2 aromatic rings. The van der Waals surface area contributed by atoms with E-state index in [4.69, 9.17) is 43.1 Å². The number of aryl methyl sites for hydroxylation is 1. The van der Waals surface area contributed by atoms with Gasteiger partial charge >= 0.3 is 5.97 Å². The molecule has 1 aromatic carbocycles. The largest absolute Gasteiger partial charge is 0.465 e. The zero-order chi connectivity index (χ0) is 22.3. The first-order valence-electron chi connectivity index (χ1n) is 9.88. The van der Waals surface area contributed by atoms with Crippen molar-refractivity contribution in [2.75, 3.05) is 13.7 Å². The Bertz CT molecular complexity index is 1140. The molecule has 7 nitrogen and oxygen atoms in total. The van der Waals surface area contributed by atoms with Gasteiger partial charge in [0.15, 0.2) is 0 Å². The number of halogens is 2. The lowest BCUT2D eigenvalue weighted by molar-refractivity contribution is -0.136. The summed E-state index contributed by atoms with van der Waals surface area (Å²) in [5, 5.41) is 0.725. The van der Waals surface area contributed by atoms with Crippen LogP contribution in [0.25, 0.3) is 0 Å². The fourth-order valence-electron chi connectivity index (χ4n) is 4.16. The maximum absolute atomic E-state index is 13.7. The summed E-state index contributed by atoms with van der Waals surface area (Å²) < 4.78 is 18.0. The molecule has 2 aliphatic heterocycles. The van der Waals surface area contributed by atoms with Crippen LogP contribution < -0.4 is 16.0 Å². The molecule has 0 bridgehead atoms. The second-order valence-corrected chi connectivity index (χ2v) is 8.43. The minimum Gasteiger partial charge on any atom is -0.465 e. The van der Waals surface area contributed by atoms with Gasteiger partial charge in [0, 0.05) is 28.4 Å².